The van der Waals surface area contributed by atoms with Gasteiger partial charge in [-0.25, -0.2) is 0 Å². The molecule has 2 N–H and O–H groups in total. The molecule has 0 bridgehead atoms. The van der Waals surface area contributed by atoms with E-state index in [2.05, 4.69) is 4.99 Å². The fourth-order valence-corrected chi connectivity index (χ4v) is 1.30. The first-order chi connectivity index (χ1) is 6.61. The number of aliphatic imine (C=N–C) groups is 1. The number of carboxylic acid groups (broad SMARTS) is 2. The summed E-state index contributed by atoms with van der Waals surface area (Å²) in [4.78, 5) is 24.6. The third-order valence-corrected chi connectivity index (χ3v) is 2.08. The van der Waals surface area contributed by atoms with Gasteiger partial charge in [-0.2, -0.15) is 11.3 Å². The summed E-state index contributed by atoms with van der Waals surface area (Å²) in [5.74, 6) is -4.43. The highest BCUT2D eigenvalue weighted by molar-refractivity contribution is 7.08. The number of hydrogen-bond acceptors (Lipinski definition) is 4. The molecule has 0 fully saturated rings. The number of hydrogen-bond donors (Lipinski definition) is 2. The Balaban J connectivity index is 2.74. The molecular weight excluding hydrogens is 206 g/mol. The Hall–Kier alpha value is -1.69. The molecule has 14 heavy (non-hydrogen) atoms. The van der Waals surface area contributed by atoms with E-state index in [1.807, 2.05) is 0 Å². The van der Waals surface area contributed by atoms with E-state index in [0.29, 0.717) is 5.69 Å². The van der Waals surface area contributed by atoms with Crippen LogP contribution in [0.1, 0.15) is 0 Å². The predicted octanol–water partition coefficient (Wildman–Crippen LogP) is 1.24. The van der Waals surface area contributed by atoms with Crippen molar-refractivity contribution >= 4 is 35.2 Å². The Morgan fingerprint density at radius 2 is 2.07 bits per heavy atom. The summed E-state index contributed by atoms with van der Waals surface area (Å²) in [6.45, 7) is 0. The summed E-state index contributed by atoms with van der Waals surface area (Å²) in [5, 5.41) is 20.5. The van der Waals surface area contributed by atoms with Crippen LogP contribution in [0.25, 0.3) is 0 Å². The minimum atomic E-state index is -1.59. The zero-order chi connectivity index (χ0) is 10.6. The average molecular weight is 213 g/mol. The molecule has 5 nitrogen and oxygen atoms in total. The quantitative estimate of drug-likeness (QED) is 0.581. The summed E-state index contributed by atoms with van der Waals surface area (Å²) in [6.07, 6.45) is 0.909. The molecule has 0 saturated heterocycles. The molecule has 1 heterocycles. The predicted molar refractivity (Wildman–Crippen MR) is 51.2 cm³/mol. The van der Waals surface area contributed by atoms with Crippen LogP contribution in [-0.2, 0) is 9.59 Å². The Kier molecular flexibility index (Phi) is 3.35. The van der Waals surface area contributed by atoms with Crippen molar-refractivity contribution in [2.75, 3.05) is 0 Å². The SMILES string of the molecule is O=C(O)C(C=Nc1ccsc1)C(=O)O. The number of rotatable bonds is 4. The van der Waals surface area contributed by atoms with E-state index in [-0.39, 0.29) is 0 Å². The highest BCUT2D eigenvalue weighted by Gasteiger charge is 2.23. The van der Waals surface area contributed by atoms with E-state index in [9.17, 15) is 9.59 Å². The van der Waals surface area contributed by atoms with Crippen molar-refractivity contribution in [3.63, 3.8) is 0 Å². The first kappa shape index (κ1) is 10.4. The average Bonchev–Trinajstić information content (AvgIpc) is 2.55. The molecule has 0 saturated carbocycles. The number of thiophene rings is 1. The highest BCUT2D eigenvalue weighted by Crippen LogP contribution is 2.15. The molecule has 1 aromatic heterocycles. The Morgan fingerprint density at radius 1 is 1.43 bits per heavy atom. The van der Waals surface area contributed by atoms with E-state index >= 15 is 0 Å². The zero-order valence-electron chi connectivity index (χ0n) is 6.95. The molecule has 0 amide bonds. The van der Waals surface area contributed by atoms with Gasteiger partial charge in [0, 0.05) is 11.6 Å². The molecule has 0 unspecified atom stereocenters. The number of aliphatic carboxylic acids is 2. The van der Waals surface area contributed by atoms with Crippen LogP contribution >= 0.6 is 11.3 Å². The van der Waals surface area contributed by atoms with Crippen molar-refractivity contribution < 1.29 is 19.8 Å². The molecule has 0 atom stereocenters. The largest absolute Gasteiger partial charge is 0.480 e. The van der Waals surface area contributed by atoms with E-state index in [1.54, 1.807) is 16.8 Å². The minimum absolute atomic E-state index is 0.558. The van der Waals surface area contributed by atoms with Crippen LogP contribution in [0.4, 0.5) is 5.69 Å². The smallest absolute Gasteiger partial charge is 0.323 e. The maximum atomic E-state index is 10.4. The van der Waals surface area contributed by atoms with Gasteiger partial charge >= 0.3 is 11.9 Å². The van der Waals surface area contributed by atoms with Crippen LogP contribution in [0, 0.1) is 5.92 Å². The lowest BCUT2D eigenvalue weighted by molar-refractivity contribution is -0.150. The lowest BCUT2D eigenvalue weighted by Crippen LogP contribution is -2.24. The van der Waals surface area contributed by atoms with Gasteiger partial charge in [0.25, 0.3) is 0 Å². The van der Waals surface area contributed by atoms with Crippen LogP contribution in [0.2, 0.25) is 0 Å². The molecule has 1 rings (SSSR count). The zero-order valence-corrected chi connectivity index (χ0v) is 7.77. The van der Waals surface area contributed by atoms with Crippen molar-refractivity contribution in [2.45, 2.75) is 0 Å². The van der Waals surface area contributed by atoms with Gasteiger partial charge in [-0.05, 0) is 11.4 Å². The first-order valence-corrected chi connectivity index (χ1v) is 4.57. The summed E-state index contributed by atoms with van der Waals surface area (Å²) in [7, 11) is 0. The molecule has 0 aliphatic carbocycles. The lowest BCUT2D eigenvalue weighted by Gasteiger charge is -1.98. The third-order valence-electron chi connectivity index (χ3n) is 1.41. The van der Waals surface area contributed by atoms with Crippen LogP contribution in [0.3, 0.4) is 0 Å². The monoisotopic (exact) mass is 213 g/mol. The van der Waals surface area contributed by atoms with Crippen molar-refractivity contribution in [1.82, 2.24) is 0 Å². The van der Waals surface area contributed by atoms with Crippen LogP contribution in [-0.4, -0.2) is 28.4 Å². The molecule has 0 aromatic carbocycles. The normalized spacial score (nSPS) is 10.9. The fourth-order valence-electron chi connectivity index (χ4n) is 0.724. The first-order valence-electron chi connectivity index (χ1n) is 3.63. The van der Waals surface area contributed by atoms with Crippen molar-refractivity contribution in [3.05, 3.63) is 16.8 Å². The van der Waals surface area contributed by atoms with Gasteiger partial charge in [0.2, 0.25) is 0 Å². The van der Waals surface area contributed by atoms with E-state index in [0.717, 1.165) is 6.21 Å². The van der Waals surface area contributed by atoms with E-state index in [1.165, 1.54) is 11.3 Å². The van der Waals surface area contributed by atoms with Crippen molar-refractivity contribution in [3.8, 4) is 0 Å². The second-order valence-corrected chi connectivity index (χ2v) is 3.19. The molecule has 0 aliphatic rings. The maximum Gasteiger partial charge on any atom is 0.323 e. The van der Waals surface area contributed by atoms with Gasteiger partial charge in [-0.15, -0.1) is 0 Å². The summed E-state index contributed by atoms with van der Waals surface area (Å²) >= 11 is 1.40. The van der Waals surface area contributed by atoms with Gasteiger partial charge < -0.3 is 10.2 Å². The fraction of sp³-hybridized carbons (Fsp3) is 0.125. The number of carbonyl (C=O) groups is 2. The molecular formula is C8H7NO4S. The minimum Gasteiger partial charge on any atom is -0.480 e. The van der Waals surface area contributed by atoms with Gasteiger partial charge in [0.05, 0.1) is 5.69 Å². The summed E-state index contributed by atoms with van der Waals surface area (Å²) < 4.78 is 0. The maximum absolute atomic E-state index is 10.4. The molecule has 1 aromatic rings. The highest BCUT2D eigenvalue weighted by atomic mass is 32.1. The van der Waals surface area contributed by atoms with Gasteiger partial charge in [0.1, 0.15) is 0 Å². The van der Waals surface area contributed by atoms with Crippen molar-refractivity contribution in [2.24, 2.45) is 10.9 Å². The Morgan fingerprint density at radius 3 is 2.50 bits per heavy atom. The van der Waals surface area contributed by atoms with Crippen LogP contribution in [0.15, 0.2) is 21.8 Å². The summed E-state index contributed by atoms with van der Waals surface area (Å²) in [5.41, 5.74) is 0.558. The standard InChI is InChI=1S/C8H7NO4S/c10-7(11)6(8(12)13)3-9-5-1-2-14-4-5/h1-4,6H,(H,10,11)(H,12,13). The molecule has 0 aliphatic heterocycles. The van der Waals surface area contributed by atoms with Gasteiger partial charge in [-0.3, -0.25) is 14.6 Å². The van der Waals surface area contributed by atoms with Crippen LogP contribution in [0.5, 0.6) is 0 Å². The third kappa shape index (κ3) is 2.67. The Bertz CT molecular complexity index is 343. The second-order valence-electron chi connectivity index (χ2n) is 2.41. The molecule has 74 valence electrons. The number of carboxylic acids is 2. The summed E-state index contributed by atoms with van der Waals surface area (Å²) in [6, 6.07) is 1.67. The van der Waals surface area contributed by atoms with Crippen LogP contribution < -0.4 is 0 Å². The lowest BCUT2D eigenvalue weighted by atomic mass is 10.2. The van der Waals surface area contributed by atoms with E-state index in [4.69, 9.17) is 10.2 Å². The topological polar surface area (TPSA) is 87.0 Å². The molecule has 0 radical (unpaired) electrons. The second kappa shape index (κ2) is 4.52. The van der Waals surface area contributed by atoms with Crippen molar-refractivity contribution in [1.29, 1.82) is 0 Å². The Labute approximate surface area is 83.3 Å². The van der Waals surface area contributed by atoms with Gasteiger partial charge in [-0.1, -0.05) is 0 Å². The van der Waals surface area contributed by atoms with E-state index < -0.39 is 17.9 Å². The molecule has 0 spiro atoms. The molecule has 6 heteroatoms. The van der Waals surface area contributed by atoms with Gasteiger partial charge in [0.15, 0.2) is 5.92 Å². The number of nitrogens with zero attached hydrogens (tertiary/aromatic N) is 1.